The first-order valence-corrected chi connectivity index (χ1v) is 12.3. The van der Waals surface area contributed by atoms with Crippen LogP contribution in [-0.4, -0.2) is 36.9 Å². The van der Waals surface area contributed by atoms with E-state index in [1.807, 2.05) is 26.8 Å². The Morgan fingerprint density at radius 1 is 1.03 bits per heavy atom. The SMILES string of the molecule is CCC(C)(C)NC(=O)[C@H](c1cccc(OC)c1)N(C(=O)CNC(=O)c1cccs1)c1ccccc1. The van der Waals surface area contributed by atoms with Gasteiger partial charge in [0.25, 0.3) is 5.91 Å². The predicted octanol–water partition coefficient (Wildman–Crippen LogP) is 4.57. The van der Waals surface area contributed by atoms with E-state index in [1.165, 1.54) is 16.2 Å². The predicted molar refractivity (Wildman–Crippen MR) is 139 cm³/mol. The summed E-state index contributed by atoms with van der Waals surface area (Å²) in [4.78, 5) is 41.8. The van der Waals surface area contributed by atoms with Gasteiger partial charge >= 0.3 is 0 Å². The lowest BCUT2D eigenvalue weighted by Gasteiger charge is -2.34. The van der Waals surface area contributed by atoms with Gasteiger partial charge in [-0.2, -0.15) is 0 Å². The van der Waals surface area contributed by atoms with Crippen LogP contribution in [0.1, 0.15) is 48.5 Å². The van der Waals surface area contributed by atoms with E-state index >= 15 is 0 Å². The molecule has 0 aliphatic heterocycles. The van der Waals surface area contributed by atoms with Crippen molar-refractivity contribution < 1.29 is 19.1 Å². The van der Waals surface area contributed by atoms with Crippen LogP contribution in [0.25, 0.3) is 0 Å². The lowest BCUT2D eigenvalue weighted by Crippen LogP contribution is -2.52. The number of ether oxygens (including phenoxy) is 1. The number of rotatable bonds is 10. The summed E-state index contributed by atoms with van der Waals surface area (Å²) in [6.45, 7) is 5.59. The molecule has 3 rings (SSSR count). The summed E-state index contributed by atoms with van der Waals surface area (Å²) in [6.07, 6.45) is 0.708. The molecule has 0 fully saturated rings. The monoisotopic (exact) mass is 493 g/mol. The fourth-order valence-corrected chi connectivity index (χ4v) is 4.12. The number of carbonyl (C=O) groups is 3. The molecule has 0 spiro atoms. The van der Waals surface area contributed by atoms with Gasteiger partial charge in [-0.05, 0) is 61.5 Å². The quantitative estimate of drug-likeness (QED) is 0.433. The number of nitrogens with one attached hydrogen (secondary N) is 2. The first-order valence-electron chi connectivity index (χ1n) is 11.4. The lowest BCUT2D eigenvalue weighted by atomic mass is 9.98. The highest BCUT2D eigenvalue weighted by atomic mass is 32.1. The normalized spacial score (nSPS) is 11.9. The minimum atomic E-state index is -0.982. The molecular weight excluding hydrogens is 462 g/mol. The number of hydrogen-bond donors (Lipinski definition) is 2. The van der Waals surface area contributed by atoms with E-state index in [0.717, 1.165) is 0 Å². The van der Waals surface area contributed by atoms with E-state index in [1.54, 1.807) is 73.2 Å². The number of hydrogen-bond acceptors (Lipinski definition) is 5. The molecule has 0 saturated heterocycles. The van der Waals surface area contributed by atoms with Crippen LogP contribution in [0.5, 0.6) is 5.75 Å². The molecule has 2 N–H and O–H groups in total. The van der Waals surface area contributed by atoms with Crippen molar-refractivity contribution in [3.05, 3.63) is 82.6 Å². The molecule has 8 heteroatoms. The van der Waals surface area contributed by atoms with Gasteiger partial charge in [-0.3, -0.25) is 19.3 Å². The highest BCUT2D eigenvalue weighted by molar-refractivity contribution is 7.12. The minimum absolute atomic E-state index is 0.267. The molecule has 3 aromatic rings. The third-order valence-corrected chi connectivity index (χ3v) is 6.58. The second kappa shape index (κ2) is 11.7. The maximum atomic E-state index is 13.7. The number of amides is 3. The lowest BCUT2D eigenvalue weighted by molar-refractivity contribution is -0.127. The van der Waals surface area contributed by atoms with E-state index in [0.29, 0.717) is 28.3 Å². The molecule has 0 saturated carbocycles. The molecule has 0 aliphatic carbocycles. The highest BCUT2D eigenvalue weighted by Gasteiger charge is 2.35. The zero-order valence-corrected chi connectivity index (χ0v) is 21.2. The average Bonchev–Trinajstić information content (AvgIpc) is 3.41. The van der Waals surface area contributed by atoms with Crippen LogP contribution in [-0.2, 0) is 9.59 Å². The van der Waals surface area contributed by atoms with Crippen molar-refractivity contribution in [1.29, 1.82) is 0 Å². The second-order valence-electron chi connectivity index (χ2n) is 8.67. The Bertz CT molecular complexity index is 1150. The third kappa shape index (κ3) is 6.70. The average molecular weight is 494 g/mol. The molecule has 1 heterocycles. The van der Waals surface area contributed by atoms with E-state index in [2.05, 4.69) is 10.6 Å². The number of thiophene rings is 1. The van der Waals surface area contributed by atoms with Crippen LogP contribution in [0, 0.1) is 0 Å². The van der Waals surface area contributed by atoms with Gasteiger partial charge in [0.1, 0.15) is 11.8 Å². The summed E-state index contributed by atoms with van der Waals surface area (Å²) in [7, 11) is 1.55. The van der Waals surface area contributed by atoms with E-state index in [9.17, 15) is 14.4 Å². The number of carbonyl (C=O) groups excluding carboxylic acids is 3. The third-order valence-electron chi connectivity index (χ3n) is 5.71. The molecule has 0 aliphatic rings. The summed E-state index contributed by atoms with van der Waals surface area (Å²) >= 11 is 1.29. The molecule has 184 valence electrons. The Morgan fingerprint density at radius 3 is 2.40 bits per heavy atom. The summed E-state index contributed by atoms with van der Waals surface area (Å²) in [5.74, 6) is -0.511. The Labute approximate surface area is 210 Å². The van der Waals surface area contributed by atoms with Crippen molar-refractivity contribution in [3.63, 3.8) is 0 Å². The van der Waals surface area contributed by atoms with Gasteiger partial charge in [-0.25, -0.2) is 0 Å². The van der Waals surface area contributed by atoms with Crippen molar-refractivity contribution in [1.82, 2.24) is 10.6 Å². The summed E-state index contributed by atoms with van der Waals surface area (Å²) < 4.78 is 5.38. The van der Waals surface area contributed by atoms with Gasteiger partial charge in [-0.15, -0.1) is 11.3 Å². The standard InChI is InChI=1S/C27H31N3O4S/c1-5-27(2,3)29-26(33)24(19-11-9-14-21(17-19)34-4)30(20-12-7-6-8-13-20)23(31)18-28-25(32)22-15-10-16-35-22/h6-17,24H,5,18H2,1-4H3,(H,28,32)(H,29,33)/t24-/m0/s1. The van der Waals surface area contributed by atoms with Crippen molar-refractivity contribution in [2.45, 2.75) is 38.8 Å². The van der Waals surface area contributed by atoms with Crippen molar-refractivity contribution >= 4 is 34.7 Å². The van der Waals surface area contributed by atoms with Crippen molar-refractivity contribution in [2.24, 2.45) is 0 Å². The molecule has 0 bridgehead atoms. The van der Waals surface area contributed by atoms with Gasteiger partial charge in [0, 0.05) is 11.2 Å². The smallest absolute Gasteiger partial charge is 0.261 e. The van der Waals surface area contributed by atoms with Gasteiger partial charge in [0.2, 0.25) is 11.8 Å². The Balaban J connectivity index is 2.02. The zero-order chi connectivity index (χ0) is 25.4. The summed E-state index contributed by atoms with van der Waals surface area (Å²) in [6, 6.07) is 18.6. The fraction of sp³-hybridized carbons (Fsp3) is 0.296. The van der Waals surface area contributed by atoms with Crippen LogP contribution in [0.15, 0.2) is 72.1 Å². The maximum Gasteiger partial charge on any atom is 0.261 e. The molecule has 35 heavy (non-hydrogen) atoms. The Hall–Kier alpha value is -3.65. The fourth-order valence-electron chi connectivity index (χ4n) is 3.48. The van der Waals surface area contributed by atoms with E-state index < -0.39 is 17.5 Å². The minimum Gasteiger partial charge on any atom is -0.497 e. The van der Waals surface area contributed by atoms with Gasteiger partial charge in [0.15, 0.2) is 0 Å². The van der Waals surface area contributed by atoms with Crippen LogP contribution in [0.3, 0.4) is 0 Å². The molecule has 1 aromatic heterocycles. The zero-order valence-electron chi connectivity index (χ0n) is 20.4. The molecule has 0 unspecified atom stereocenters. The number of methoxy groups -OCH3 is 1. The first-order chi connectivity index (χ1) is 16.8. The van der Waals surface area contributed by atoms with Gasteiger partial charge < -0.3 is 15.4 Å². The molecular formula is C27H31N3O4S. The van der Waals surface area contributed by atoms with E-state index in [4.69, 9.17) is 4.74 Å². The highest BCUT2D eigenvalue weighted by Crippen LogP contribution is 2.30. The number of anilines is 1. The van der Waals surface area contributed by atoms with Crippen LogP contribution in [0.4, 0.5) is 5.69 Å². The number of benzene rings is 2. The van der Waals surface area contributed by atoms with Crippen LogP contribution in [0.2, 0.25) is 0 Å². The van der Waals surface area contributed by atoms with Crippen LogP contribution >= 0.6 is 11.3 Å². The van der Waals surface area contributed by atoms with Crippen molar-refractivity contribution in [2.75, 3.05) is 18.6 Å². The molecule has 2 aromatic carbocycles. The Kier molecular flexibility index (Phi) is 8.65. The first kappa shape index (κ1) is 26.0. The Morgan fingerprint density at radius 2 is 1.77 bits per heavy atom. The molecule has 1 atom stereocenters. The summed E-state index contributed by atoms with van der Waals surface area (Å²) in [5, 5.41) is 7.56. The summed E-state index contributed by atoms with van der Waals surface area (Å²) in [5.41, 5.74) is 0.656. The van der Waals surface area contributed by atoms with Crippen LogP contribution < -0.4 is 20.3 Å². The largest absolute Gasteiger partial charge is 0.497 e. The number of nitrogens with zero attached hydrogens (tertiary/aromatic N) is 1. The van der Waals surface area contributed by atoms with E-state index in [-0.39, 0.29) is 18.4 Å². The van der Waals surface area contributed by atoms with Crippen molar-refractivity contribution in [3.8, 4) is 5.75 Å². The molecule has 7 nitrogen and oxygen atoms in total. The maximum absolute atomic E-state index is 13.7. The molecule has 3 amide bonds. The molecule has 0 radical (unpaired) electrons. The number of para-hydroxylation sites is 1. The second-order valence-corrected chi connectivity index (χ2v) is 9.61. The topological polar surface area (TPSA) is 87.7 Å². The van der Waals surface area contributed by atoms with Gasteiger partial charge in [0.05, 0.1) is 18.5 Å². The van der Waals surface area contributed by atoms with Gasteiger partial charge in [-0.1, -0.05) is 43.3 Å².